The number of hydrogen-bond donors (Lipinski definition) is 2. The SMILES string of the molecule is C#C[C@]1(O)CC[C@H]2[C@@H]3CCc4c(ccc(O)c4Cl)[C@H]3[C@@H](c3ccc(OCCN(CC)CC)cc3)C[C@@]21C. The molecule has 0 bridgehead atoms. The van der Waals surface area contributed by atoms with Crippen molar-refractivity contribution in [2.75, 3.05) is 26.2 Å². The van der Waals surface area contributed by atoms with Crippen LogP contribution in [0.15, 0.2) is 36.4 Å². The lowest BCUT2D eigenvalue weighted by molar-refractivity contribution is -0.0720. The number of terminal acetylenes is 1. The highest BCUT2D eigenvalue weighted by atomic mass is 35.5. The van der Waals surface area contributed by atoms with Crippen LogP contribution >= 0.6 is 11.6 Å². The number of benzene rings is 2. The van der Waals surface area contributed by atoms with Crippen molar-refractivity contribution in [3.05, 3.63) is 58.1 Å². The summed E-state index contributed by atoms with van der Waals surface area (Å²) < 4.78 is 6.06. The Bertz CT molecular complexity index is 1170. The molecule has 0 aromatic heterocycles. The van der Waals surface area contributed by atoms with Gasteiger partial charge in [0, 0.05) is 12.0 Å². The third kappa shape index (κ3) is 4.34. The average molecular weight is 522 g/mol. The highest BCUT2D eigenvalue weighted by molar-refractivity contribution is 6.32. The van der Waals surface area contributed by atoms with Gasteiger partial charge in [-0.15, -0.1) is 6.42 Å². The number of aliphatic hydroxyl groups is 1. The molecule has 0 amide bonds. The predicted molar refractivity (Wildman–Crippen MR) is 149 cm³/mol. The molecular weight excluding hydrogens is 482 g/mol. The Hall–Kier alpha value is -2.19. The molecule has 2 aromatic carbocycles. The molecule has 6 atom stereocenters. The fourth-order valence-electron chi connectivity index (χ4n) is 7.95. The van der Waals surface area contributed by atoms with Gasteiger partial charge in [-0.3, -0.25) is 0 Å². The van der Waals surface area contributed by atoms with Crippen molar-refractivity contribution in [1.82, 2.24) is 4.90 Å². The first-order valence-corrected chi connectivity index (χ1v) is 14.3. The van der Waals surface area contributed by atoms with Crippen molar-refractivity contribution in [2.45, 2.75) is 70.3 Å². The zero-order chi connectivity index (χ0) is 26.4. The van der Waals surface area contributed by atoms with Gasteiger partial charge in [0.1, 0.15) is 23.7 Å². The number of hydrogen-bond acceptors (Lipinski definition) is 4. The summed E-state index contributed by atoms with van der Waals surface area (Å²) in [6.45, 7) is 10.2. The van der Waals surface area contributed by atoms with Gasteiger partial charge in [-0.05, 0) is 104 Å². The number of fused-ring (bicyclic) bond motifs is 5. The first-order valence-electron chi connectivity index (χ1n) is 13.9. The van der Waals surface area contributed by atoms with Crippen LogP contribution in [0, 0.1) is 29.6 Å². The molecule has 0 saturated heterocycles. The lowest BCUT2D eigenvalue weighted by atomic mass is 9.49. The molecule has 2 fully saturated rings. The van der Waals surface area contributed by atoms with Crippen molar-refractivity contribution in [1.29, 1.82) is 0 Å². The molecule has 3 aliphatic rings. The monoisotopic (exact) mass is 521 g/mol. The van der Waals surface area contributed by atoms with Crippen molar-refractivity contribution in [2.24, 2.45) is 17.3 Å². The standard InChI is InChI=1S/C32H40ClNO3/c1-5-32(36)17-16-27-25-13-12-24-23(14-15-28(35)30(24)33)29(25)26(20-31(27,32)4)21-8-10-22(11-9-21)37-19-18-34(6-2)7-3/h1,8-11,14-15,25-27,29,35-36H,6-7,12-13,16-20H2,2-4H3/t25-,26+,27-,29+,31-,32-/m0/s1. The smallest absolute Gasteiger partial charge is 0.134 e. The number of phenols is 1. The van der Waals surface area contributed by atoms with Gasteiger partial charge >= 0.3 is 0 Å². The summed E-state index contributed by atoms with van der Waals surface area (Å²) in [7, 11) is 0. The molecule has 2 saturated carbocycles. The van der Waals surface area contributed by atoms with E-state index in [2.05, 4.69) is 61.9 Å². The second-order valence-corrected chi connectivity index (χ2v) is 11.9. The highest BCUT2D eigenvalue weighted by Gasteiger charge is 2.63. The molecule has 0 unspecified atom stereocenters. The first kappa shape index (κ1) is 26.4. The summed E-state index contributed by atoms with van der Waals surface area (Å²) in [5.74, 6) is 5.08. The summed E-state index contributed by atoms with van der Waals surface area (Å²) in [4.78, 5) is 2.35. The van der Waals surface area contributed by atoms with Crippen molar-refractivity contribution in [3.8, 4) is 23.8 Å². The minimum absolute atomic E-state index is 0.157. The van der Waals surface area contributed by atoms with Crippen LogP contribution in [0.2, 0.25) is 5.02 Å². The van der Waals surface area contributed by atoms with Gasteiger partial charge in [0.25, 0.3) is 0 Å². The molecule has 3 aliphatic carbocycles. The summed E-state index contributed by atoms with van der Waals surface area (Å²) >= 11 is 6.62. The maximum Gasteiger partial charge on any atom is 0.134 e. The molecular formula is C32H40ClNO3. The van der Waals surface area contributed by atoms with Crippen LogP contribution in [0.5, 0.6) is 11.5 Å². The highest BCUT2D eigenvalue weighted by Crippen LogP contribution is 2.68. The van der Waals surface area contributed by atoms with Crippen LogP contribution in [-0.2, 0) is 6.42 Å². The Labute approximate surface area is 227 Å². The normalized spacial score (nSPS) is 32.4. The van der Waals surface area contributed by atoms with E-state index in [0.717, 1.165) is 56.6 Å². The van der Waals surface area contributed by atoms with E-state index >= 15 is 0 Å². The Balaban J connectivity index is 1.49. The van der Waals surface area contributed by atoms with Gasteiger partial charge < -0.3 is 19.8 Å². The minimum atomic E-state index is -1.08. The van der Waals surface area contributed by atoms with Gasteiger partial charge in [-0.1, -0.05) is 56.5 Å². The van der Waals surface area contributed by atoms with Crippen LogP contribution in [0.4, 0.5) is 0 Å². The topological polar surface area (TPSA) is 52.9 Å². The van der Waals surface area contributed by atoms with E-state index in [-0.39, 0.29) is 23.0 Å². The molecule has 5 heteroatoms. The van der Waals surface area contributed by atoms with E-state index < -0.39 is 5.60 Å². The molecule has 0 radical (unpaired) electrons. The lowest BCUT2D eigenvalue weighted by Crippen LogP contribution is -2.52. The molecule has 4 nitrogen and oxygen atoms in total. The molecule has 2 N–H and O–H groups in total. The molecule has 37 heavy (non-hydrogen) atoms. The van der Waals surface area contributed by atoms with Gasteiger partial charge in [0.15, 0.2) is 0 Å². The van der Waals surface area contributed by atoms with Gasteiger partial charge in [0.2, 0.25) is 0 Å². The van der Waals surface area contributed by atoms with E-state index in [1.54, 1.807) is 6.07 Å². The van der Waals surface area contributed by atoms with Gasteiger partial charge in [0.05, 0.1) is 5.02 Å². The second kappa shape index (κ2) is 10.2. The zero-order valence-corrected chi connectivity index (χ0v) is 23.1. The lowest BCUT2D eigenvalue weighted by Gasteiger charge is -2.55. The maximum atomic E-state index is 11.6. The molecule has 0 heterocycles. The number of ether oxygens (including phenoxy) is 1. The third-order valence-electron chi connectivity index (χ3n) is 10.1. The zero-order valence-electron chi connectivity index (χ0n) is 22.3. The minimum Gasteiger partial charge on any atom is -0.506 e. The van der Waals surface area contributed by atoms with E-state index in [4.69, 9.17) is 22.8 Å². The van der Waals surface area contributed by atoms with E-state index in [0.29, 0.717) is 29.9 Å². The number of halogens is 1. The van der Waals surface area contributed by atoms with Crippen molar-refractivity contribution >= 4 is 11.6 Å². The molecule has 2 aromatic rings. The quantitative estimate of drug-likeness (QED) is 0.415. The number of phenolic OH excluding ortho intramolecular Hbond substituents is 1. The van der Waals surface area contributed by atoms with Crippen LogP contribution in [-0.4, -0.2) is 47.0 Å². The van der Waals surface area contributed by atoms with E-state index in [1.165, 1.54) is 11.1 Å². The van der Waals surface area contributed by atoms with Crippen LogP contribution < -0.4 is 4.74 Å². The number of nitrogens with zero attached hydrogens (tertiary/aromatic N) is 1. The Morgan fingerprint density at radius 2 is 1.86 bits per heavy atom. The number of aromatic hydroxyl groups is 1. The summed E-state index contributed by atoms with van der Waals surface area (Å²) in [6, 6.07) is 12.4. The molecule has 0 spiro atoms. The Kier molecular flexibility index (Phi) is 7.26. The Morgan fingerprint density at radius 1 is 1.14 bits per heavy atom. The van der Waals surface area contributed by atoms with E-state index in [9.17, 15) is 10.2 Å². The van der Waals surface area contributed by atoms with Gasteiger partial charge in [-0.25, -0.2) is 0 Å². The van der Waals surface area contributed by atoms with Crippen LogP contribution in [0.25, 0.3) is 0 Å². The second-order valence-electron chi connectivity index (χ2n) is 11.5. The predicted octanol–water partition coefficient (Wildman–Crippen LogP) is 6.38. The van der Waals surface area contributed by atoms with Crippen molar-refractivity contribution < 1.29 is 14.9 Å². The van der Waals surface area contributed by atoms with Gasteiger partial charge in [-0.2, -0.15) is 0 Å². The maximum absolute atomic E-state index is 11.6. The largest absolute Gasteiger partial charge is 0.506 e. The van der Waals surface area contributed by atoms with Crippen molar-refractivity contribution in [3.63, 3.8) is 0 Å². The fraction of sp³-hybridized carbons (Fsp3) is 0.562. The third-order valence-corrected chi connectivity index (χ3v) is 10.5. The average Bonchev–Trinajstić information content (AvgIpc) is 3.19. The van der Waals surface area contributed by atoms with Crippen LogP contribution in [0.1, 0.15) is 75.0 Å². The number of likely N-dealkylation sites (N-methyl/N-ethyl adjacent to an activating group) is 1. The summed E-state index contributed by atoms with van der Waals surface area (Å²) in [6.07, 6.45) is 10.2. The number of rotatable bonds is 7. The summed E-state index contributed by atoms with van der Waals surface area (Å²) in [5, 5.41) is 22.4. The fourth-order valence-corrected chi connectivity index (χ4v) is 8.22. The molecule has 198 valence electrons. The Morgan fingerprint density at radius 3 is 2.54 bits per heavy atom. The van der Waals surface area contributed by atoms with E-state index in [1.807, 2.05) is 0 Å². The molecule has 0 aliphatic heterocycles. The first-order chi connectivity index (χ1) is 17.8. The molecule has 5 rings (SSSR count). The summed E-state index contributed by atoms with van der Waals surface area (Å²) in [5.41, 5.74) is 2.15. The van der Waals surface area contributed by atoms with Crippen LogP contribution in [0.3, 0.4) is 0 Å².